The van der Waals surface area contributed by atoms with Crippen molar-refractivity contribution in [2.75, 3.05) is 31.2 Å². The molecule has 1 saturated carbocycles. The monoisotopic (exact) mass is 494 g/mol. The van der Waals surface area contributed by atoms with E-state index in [1.807, 2.05) is 24.3 Å². The van der Waals surface area contributed by atoms with E-state index in [4.69, 9.17) is 4.74 Å². The fraction of sp³-hybridized carbons (Fsp3) is 0.444. The zero-order valence-electron chi connectivity index (χ0n) is 19.5. The summed E-state index contributed by atoms with van der Waals surface area (Å²) in [6, 6.07) is 15.7. The summed E-state index contributed by atoms with van der Waals surface area (Å²) >= 11 is 1.40. The van der Waals surface area contributed by atoms with Crippen LogP contribution < -0.4 is 5.32 Å². The minimum atomic E-state index is -0.894. The molecule has 2 aliphatic carbocycles. The average Bonchev–Trinajstić information content (AvgIpc) is 3.54. The Hall–Kier alpha value is -3.00. The van der Waals surface area contributed by atoms with E-state index in [1.165, 1.54) is 34.0 Å². The largest absolute Gasteiger partial charge is 0.480 e. The van der Waals surface area contributed by atoms with E-state index in [-0.39, 0.29) is 30.1 Å². The number of carbonyl (C=O) groups is 3. The molecular formula is C27H30N2O5S. The molecular weight excluding hydrogens is 464 g/mol. The molecule has 7 nitrogen and oxygen atoms in total. The van der Waals surface area contributed by atoms with Crippen LogP contribution in [0.3, 0.4) is 0 Å². The average molecular weight is 495 g/mol. The van der Waals surface area contributed by atoms with Crippen LogP contribution in [0.5, 0.6) is 0 Å². The molecule has 0 aromatic heterocycles. The van der Waals surface area contributed by atoms with Crippen LogP contribution >= 0.6 is 11.8 Å². The van der Waals surface area contributed by atoms with E-state index in [0.29, 0.717) is 24.8 Å². The topological polar surface area (TPSA) is 95.9 Å². The molecule has 2 fully saturated rings. The minimum Gasteiger partial charge on any atom is -0.480 e. The first-order valence-electron chi connectivity index (χ1n) is 12.2. The second-order valence-corrected chi connectivity index (χ2v) is 10.6. The van der Waals surface area contributed by atoms with Crippen LogP contribution in [0.4, 0.5) is 4.79 Å². The van der Waals surface area contributed by atoms with Gasteiger partial charge in [-0.1, -0.05) is 55.0 Å². The van der Waals surface area contributed by atoms with Gasteiger partial charge in [0.05, 0.1) is 5.75 Å². The number of ether oxygens (including phenoxy) is 1. The van der Waals surface area contributed by atoms with Gasteiger partial charge in [-0.3, -0.25) is 4.79 Å². The fourth-order valence-corrected chi connectivity index (χ4v) is 6.73. The van der Waals surface area contributed by atoms with E-state index in [9.17, 15) is 19.5 Å². The van der Waals surface area contributed by atoms with Crippen LogP contribution in [-0.4, -0.2) is 65.2 Å². The summed E-state index contributed by atoms with van der Waals surface area (Å²) in [5, 5.41) is 12.4. The number of likely N-dealkylation sites (tertiary alicyclic amines) is 1. The van der Waals surface area contributed by atoms with Gasteiger partial charge in [-0.05, 0) is 46.9 Å². The highest BCUT2D eigenvalue weighted by Gasteiger charge is 2.49. The van der Waals surface area contributed by atoms with Crippen molar-refractivity contribution >= 4 is 29.7 Å². The quantitative estimate of drug-likeness (QED) is 0.539. The Kier molecular flexibility index (Phi) is 7.00. The third-order valence-electron chi connectivity index (χ3n) is 7.55. The zero-order valence-corrected chi connectivity index (χ0v) is 20.3. The molecule has 1 saturated heterocycles. The molecule has 0 radical (unpaired) electrons. The van der Waals surface area contributed by atoms with Gasteiger partial charge < -0.3 is 20.1 Å². The molecule has 2 aromatic carbocycles. The number of amides is 2. The highest BCUT2D eigenvalue weighted by molar-refractivity contribution is 7.99. The Bertz CT molecular complexity index is 1080. The number of hydrogen-bond acceptors (Lipinski definition) is 5. The van der Waals surface area contributed by atoms with Crippen molar-refractivity contribution in [3.8, 4) is 11.1 Å². The van der Waals surface area contributed by atoms with Crippen LogP contribution in [0.15, 0.2) is 48.5 Å². The maximum absolute atomic E-state index is 12.7. The number of hydrogen-bond donors (Lipinski definition) is 2. The first-order chi connectivity index (χ1) is 17.0. The number of rotatable bonds is 8. The molecule has 3 unspecified atom stereocenters. The van der Waals surface area contributed by atoms with Gasteiger partial charge in [-0.2, -0.15) is 11.8 Å². The van der Waals surface area contributed by atoms with Gasteiger partial charge in [0.25, 0.3) is 0 Å². The third kappa shape index (κ3) is 4.76. The highest BCUT2D eigenvalue weighted by atomic mass is 32.2. The summed E-state index contributed by atoms with van der Waals surface area (Å²) in [4.78, 5) is 38.2. The fourth-order valence-electron chi connectivity index (χ4n) is 6.00. The molecule has 1 heterocycles. The molecule has 184 valence electrons. The van der Waals surface area contributed by atoms with Gasteiger partial charge >= 0.3 is 12.1 Å². The molecule has 1 aliphatic heterocycles. The van der Waals surface area contributed by atoms with E-state index in [2.05, 4.69) is 29.6 Å². The van der Waals surface area contributed by atoms with Crippen molar-refractivity contribution in [3.05, 3.63) is 59.7 Å². The number of alkyl carbamates (subject to hydrolysis) is 1. The lowest BCUT2D eigenvalue weighted by Gasteiger charge is -2.24. The van der Waals surface area contributed by atoms with Gasteiger partial charge in [-0.25, -0.2) is 9.59 Å². The van der Waals surface area contributed by atoms with Crippen LogP contribution in [0.1, 0.15) is 36.3 Å². The van der Waals surface area contributed by atoms with Crippen LogP contribution in [-0.2, 0) is 14.3 Å². The Morgan fingerprint density at radius 3 is 2.40 bits per heavy atom. The Morgan fingerprint density at radius 1 is 1.03 bits per heavy atom. The van der Waals surface area contributed by atoms with Gasteiger partial charge in [0.2, 0.25) is 5.91 Å². The number of fused-ring (bicyclic) bond motifs is 4. The molecule has 0 bridgehead atoms. The molecule has 2 aromatic rings. The Labute approximate surface area is 209 Å². The van der Waals surface area contributed by atoms with Crippen LogP contribution in [0, 0.1) is 11.8 Å². The SMILES string of the molecule is O=C(NCCSCC(=O)N1CC2CCCC2C1C(=O)O)OCC1c2ccccc2-c2ccccc21. The normalized spacial score (nSPS) is 22.4. The number of aliphatic carboxylic acids is 1. The van der Waals surface area contributed by atoms with Gasteiger partial charge in [0, 0.05) is 24.8 Å². The number of carboxylic acids is 1. The van der Waals surface area contributed by atoms with Crippen molar-refractivity contribution < 1.29 is 24.2 Å². The first kappa shape index (κ1) is 23.7. The van der Waals surface area contributed by atoms with Crippen molar-refractivity contribution in [2.24, 2.45) is 11.8 Å². The number of carboxylic acid groups (broad SMARTS) is 1. The lowest BCUT2D eigenvalue weighted by atomic mass is 9.94. The molecule has 5 rings (SSSR count). The highest BCUT2D eigenvalue weighted by Crippen LogP contribution is 2.44. The molecule has 35 heavy (non-hydrogen) atoms. The lowest BCUT2D eigenvalue weighted by molar-refractivity contribution is -0.148. The van der Waals surface area contributed by atoms with E-state index >= 15 is 0 Å². The maximum Gasteiger partial charge on any atom is 0.407 e. The van der Waals surface area contributed by atoms with Crippen LogP contribution in [0.25, 0.3) is 11.1 Å². The predicted molar refractivity (Wildman–Crippen MR) is 134 cm³/mol. The second-order valence-electron chi connectivity index (χ2n) is 9.49. The molecule has 3 aliphatic rings. The minimum absolute atomic E-state index is 0.0160. The predicted octanol–water partition coefficient (Wildman–Crippen LogP) is 3.97. The Balaban J connectivity index is 1.04. The smallest absolute Gasteiger partial charge is 0.407 e. The van der Waals surface area contributed by atoms with Crippen molar-refractivity contribution in [1.29, 1.82) is 0 Å². The second kappa shape index (κ2) is 10.3. The molecule has 2 amide bonds. The number of carbonyl (C=O) groups excluding carboxylic acids is 2. The standard InChI is InChI=1S/C27H30N2O5S/c30-24(29-14-17-6-5-11-18(17)25(29)26(31)32)16-35-13-12-28-27(33)34-15-23-21-9-3-1-7-19(21)20-8-2-4-10-22(20)23/h1-4,7-10,17-18,23,25H,5-6,11-16H2,(H,28,33)(H,31,32). The molecule has 0 spiro atoms. The number of thioether (sulfide) groups is 1. The summed E-state index contributed by atoms with van der Waals surface area (Å²) in [5.74, 6) is 0.177. The first-order valence-corrected chi connectivity index (χ1v) is 13.4. The van der Waals surface area contributed by atoms with Gasteiger partial charge in [-0.15, -0.1) is 0 Å². The maximum atomic E-state index is 12.7. The van der Waals surface area contributed by atoms with E-state index in [1.54, 1.807) is 4.90 Å². The number of nitrogens with zero attached hydrogens (tertiary/aromatic N) is 1. The van der Waals surface area contributed by atoms with E-state index in [0.717, 1.165) is 19.3 Å². The summed E-state index contributed by atoms with van der Waals surface area (Å²) in [5.41, 5.74) is 4.71. The summed E-state index contributed by atoms with van der Waals surface area (Å²) in [6.45, 7) is 1.20. The number of benzene rings is 2. The Morgan fingerprint density at radius 2 is 1.71 bits per heavy atom. The summed E-state index contributed by atoms with van der Waals surface area (Å²) < 4.78 is 5.53. The van der Waals surface area contributed by atoms with Crippen molar-refractivity contribution in [1.82, 2.24) is 10.2 Å². The molecule has 3 atom stereocenters. The lowest BCUT2D eigenvalue weighted by Crippen LogP contribution is -2.44. The van der Waals surface area contributed by atoms with Crippen LogP contribution in [0.2, 0.25) is 0 Å². The molecule has 2 N–H and O–H groups in total. The van der Waals surface area contributed by atoms with Crippen molar-refractivity contribution in [2.45, 2.75) is 31.2 Å². The third-order valence-corrected chi connectivity index (χ3v) is 8.49. The van der Waals surface area contributed by atoms with Gasteiger partial charge in [0.1, 0.15) is 12.6 Å². The van der Waals surface area contributed by atoms with Gasteiger partial charge in [0.15, 0.2) is 0 Å². The van der Waals surface area contributed by atoms with E-state index < -0.39 is 18.1 Å². The number of nitrogens with one attached hydrogen (secondary N) is 1. The van der Waals surface area contributed by atoms with Crippen molar-refractivity contribution in [3.63, 3.8) is 0 Å². The molecule has 8 heteroatoms. The zero-order chi connectivity index (χ0) is 24.4. The summed E-state index contributed by atoms with van der Waals surface area (Å²) in [6.07, 6.45) is 2.48. The summed E-state index contributed by atoms with van der Waals surface area (Å²) in [7, 11) is 0.